The van der Waals surface area contributed by atoms with Gasteiger partial charge in [0.1, 0.15) is 11.1 Å². The molecule has 0 aromatic carbocycles. The summed E-state index contributed by atoms with van der Waals surface area (Å²) in [4.78, 5) is 28.6. The molecule has 0 radical (unpaired) electrons. The number of aliphatic hydroxyl groups excluding tert-OH is 1. The molecule has 7 nitrogen and oxygen atoms in total. The van der Waals surface area contributed by atoms with E-state index < -0.39 is 12.1 Å². The third kappa shape index (κ3) is 8.81. The maximum absolute atomic E-state index is 12.1. The van der Waals surface area contributed by atoms with Crippen molar-refractivity contribution in [3.05, 3.63) is 16.1 Å². The van der Waals surface area contributed by atoms with Gasteiger partial charge >= 0.3 is 5.97 Å². The van der Waals surface area contributed by atoms with Crippen molar-refractivity contribution in [3.8, 4) is 0 Å². The van der Waals surface area contributed by atoms with Crippen LogP contribution in [-0.4, -0.2) is 51.1 Å². The number of aliphatic hydroxyl groups is 1. The molecule has 0 aliphatic heterocycles. The molecule has 0 fully saturated rings. The topological polar surface area (TPSA) is 117 Å². The zero-order valence-corrected chi connectivity index (χ0v) is 18.0. The zero-order chi connectivity index (χ0) is 21.0. The second kappa shape index (κ2) is 13.6. The van der Waals surface area contributed by atoms with Crippen molar-refractivity contribution in [3.63, 3.8) is 0 Å². The van der Waals surface area contributed by atoms with E-state index in [1.807, 2.05) is 20.8 Å². The molecule has 1 rings (SSSR count). The molecule has 27 heavy (non-hydrogen) atoms. The summed E-state index contributed by atoms with van der Waals surface area (Å²) in [5.74, 6) is -1.14. The van der Waals surface area contributed by atoms with Crippen molar-refractivity contribution < 1.29 is 19.8 Å². The predicted molar refractivity (Wildman–Crippen MR) is 109 cm³/mol. The summed E-state index contributed by atoms with van der Waals surface area (Å²) in [6.07, 6.45) is 2.83. The maximum Gasteiger partial charge on any atom is 0.355 e. The molecule has 1 amide bonds. The number of aromatic nitrogens is 1. The molecule has 1 heterocycles. The number of aromatic carboxylic acids is 1. The fourth-order valence-corrected chi connectivity index (χ4v) is 3.25. The maximum atomic E-state index is 12.1. The van der Waals surface area contributed by atoms with Crippen molar-refractivity contribution in [1.82, 2.24) is 9.88 Å². The quantitative estimate of drug-likeness (QED) is 0.554. The normalized spacial score (nSPS) is 12.9. The molecular formula is C19H35N3O4S. The van der Waals surface area contributed by atoms with E-state index in [1.165, 1.54) is 18.2 Å². The molecule has 0 bridgehead atoms. The van der Waals surface area contributed by atoms with Gasteiger partial charge < -0.3 is 20.8 Å². The Hall–Kier alpha value is -1.51. The first-order chi connectivity index (χ1) is 12.7. The molecule has 0 aliphatic rings. The van der Waals surface area contributed by atoms with Crippen LogP contribution < -0.4 is 5.73 Å². The second-order valence-electron chi connectivity index (χ2n) is 6.73. The molecule has 2 unspecified atom stereocenters. The van der Waals surface area contributed by atoms with Crippen LogP contribution in [0.2, 0.25) is 0 Å². The lowest BCUT2D eigenvalue weighted by Crippen LogP contribution is -2.47. The van der Waals surface area contributed by atoms with Gasteiger partial charge in [0.25, 0.3) is 0 Å². The number of nitrogens with two attached hydrogens (primary N) is 1. The SMILES string of the molecule is CCCC.CCCN(C(=O)CN)C(CC(O)c1nc(C(=O)O)cs1)C(C)C. The minimum atomic E-state index is -1.12. The highest BCUT2D eigenvalue weighted by molar-refractivity contribution is 7.09. The summed E-state index contributed by atoms with van der Waals surface area (Å²) in [6.45, 7) is 10.8. The Labute approximate surface area is 166 Å². The molecule has 4 N–H and O–H groups in total. The summed E-state index contributed by atoms with van der Waals surface area (Å²) in [7, 11) is 0. The van der Waals surface area contributed by atoms with Crippen LogP contribution in [0.3, 0.4) is 0 Å². The Kier molecular flexibility index (Phi) is 12.9. The van der Waals surface area contributed by atoms with Crippen LogP contribution in [0.5, 0.6) is 0 Å². The molecular weight excluding hydrogens is 366 g/mol. The van der Waals surface area contributed by atoms with Gasteiger partial charge in [-0.15, -0.1) is 11.3 Å². The molecule has 0 saturated carbocycles. The van der Waals surface area contributed by atoms with E-state index in [0.29, 0.717) is 18.0 Å². The lowest BCUT2D eigenvalue weighted by atomic mass is 9.95. The zero-order valence-electron chi connectivity index (χ0n) is 17.1. The number of carbonyl (C=O) groups excluding carboxylic acids is 1. The van der Waals surface area contributed by atoms with Gasteiger partial charge in [0.05, 0.1) is 6.54 Å². The number of hydrogen-bond acceptors (Lipinski definition) is 6. The molecule has 2 atom stereocenters. The first kappa shape index (κ1) is 25.5. The highest BCUT2D eigenvalue weighted by Crippen LogP contribution is 2.27. The fourth-order valence-electron chi connectivity index (χ4n) is 2.46. The predicted octanol–water partition coefficient (Wildman–Crippen LogP) is 3.29. The van der Waals surface area contributed by atoms with E-state index in [9.17, 15) is 14.7 Å². The number of thiazole rings is 1. The standard InChI is InChI=1S/C15H25N3O4S.C4H10/c1-4-5-18(13(20)7-16)11(9(2)3)6-12(19)14-17-10(8-23-14)15(21)22;1-3-4-2/h8-9,11-12,19H,4-7,16H2,1-3H3,(H,21,22);3-4H2,1-2H3. The van der Waals surface area contributed by atoms with Crippen LogP contribution in [0.1, 0.15) is 81.9 Å². The Balaban J connectivity index is 0.00000153. The van der Waals surface area contributed by atoms with E-state index in [4.69, 9.17) is 10.8 Å². The summed E-state index contributed by atoms with van der Waals surface area (Å²) in [5, 5.41) is 21.1. The van der Waals surface area contributed by atoms with E-state index >= 15 is 0 Å². The number of nitrogens with zero attached hydrogens (tertiary/aromatic N) is 2. The minimum Gasteiger partial charge on any atom is -0.476 e. The largest absolute Gasteiger partial charge is 0.476 e. The van der Waals surface area contributed by atoms with Gasteiger partial charge in [-0.1, -0.05) is 47.5 Å². The number of carbonyl (C=O) groups is 2. The van der Waals surface area contributed by atoms with Gasteiger partial charge in [0.15, 0.2) is 5.69 Å². The third-order valence-corrected chi connectivity index (χ3v) is 5.07. The smallest absolute Gasteiger partial charge is 0.355 e. The molecule has 156 valence electrons. The summed E-state index contributed by atoms with van der Waals surface area (Å²) >= 11 is 1.11. The van der Waals surface area contributed by atoms with Crippen LogP contribution in [0, 0.1) is 5.92 Å². The van der Waals surface area contributed by atoms with Crippen molar-refractivity contribution in [2.24, 2.45) is 11.7 Å². The Bertz CT molecular complexity index is 561. The van der Waals surface area contributed by atoms with Gasteiger partial charge in [-0.3, -0.25) is 4.79 Å². The number of unbranched alkanes of at least 4 members (excludes halogenated alkanes) is 1. The summed E-state index contributed by atoms with van der Waals surface area (Å²) in [6, 6.07) is -0.182. The monoisotopic (exact) mass is 401 g/mol. The van der Waals surface area contributed by atoms with Crippen molar-refractivity contribution in [2.75, 3.05) is 13.1 Å². The molecule has 8 heteroatoms. The van der Waals surface area contributed by atoms with Gasteiger partial charge in [-0.2, -0.15) is 0 Å². The number of rotatable bonds is 10. The highest BCUT2D eigenvalue weighted by Gasteiger charge is 2.29. The average molecular weight is 402 g/mol. The molecule has 1 aromatic heterocycles. The van der Waals surface area contributed by atoms with Crippen LogP contribution in [0.15, 0.2) is 5.38 Å². The highest BCUT2D eigenvalue weighted by atomic mass is 32.1. The van der Waals surface area contributed by atoms with E-state index in [1.54, 1.807) is 4.90 Å². The average Bonchev–Trinajstić information content (AvgIpc) is 3.14. The first-order valence-corrected chi connectivity index (χ1v) is 10.5. The lowest BCUT2D eigenvalue weighted by Gasteiger charge is -2.35. The lowest BCUT2D eigenvalue weighted by molar-refractivity contribution is -0.133. The molecule has 0 aliphatic carbocycles. The molecule has 0 spiro atoms. The Morgan fingerprint density at radius 1 is 1.22 bits per heavy atom. The van der Waals surface area contributed by atoms with Crippen LogP contribution in [-0.2, 0) is 4.79 Å². The Morgan fingerprint density at radius 2 is 1.81 bits per heavy atom. The van der Waals surface area contributed by atoms with Gasteiger partial charge in [0.2, 0.25) is 5.91 Å². The second-order valence-corrected chi connectivity index (χ2v) is 7.62. The van der Waals surface area contributed by atoms with E-state index in [0.717, 1.165) is 17.8 Å². The number of amides is 1. The first-order valence-electron chi connectivity index (χ1n) is 9.59. The van der Waals surface area contributed by atoms with Crippen molar-refractivity contribution in [1.29, 1.82) is 0 Å². The molecule has 1 aromatic rings. The number of hydrogen-bond donors (Lipinski definition) is 3. The van der Waals surface area contributed by atoms with Crippen molar-refractivity contribution in [2.45, 2.75) is 72.4 Å². The summed E-state index contributed by atoms with van der Waals surface area (Å²) < 4.78 is 0. The van der Waals surface area contributed by atoms with Gasteiger partial charge in [-0.25, -0.2) is 9.78 Å². The third-order valence-electron chi connectivity index (χ3n) is 4.12. The minimum absolute atomic E-state index is 0.0697. The Morgan fingerprint density at radius 3 is 2.19 bits per heavy atom. The van der Waals surface area contributed by atoms with Crippen LogP contribution in [0.25, 0.3) is 0 Å². The van der Waals surface area contributed by atoms with E-state index in [-0.39, 0.29) is 30.1 Å². The number of carboxylic acids is 1. The number of carboxylic acid groups (broad SMARTS) is 1. The van der Waals surface area contributed by atoms with Gasteiger partial charge in [0, 0.05) is 24.4 Å². The van der Waals surface area contributed by atoms with Crippen LogP contribution in [0.4, 0.5) is 0 Å². The summed E-state index contributed by atoms with van der Waals surface area (Å²) in [5.41, 5.74) is 5.42. The van der Waals surface area contributed by atoms with Crippen LogP contribution >= 0.6 is 11.3 Å². The molecule has 0 saturated heterocycles. The fraction of sp³-hybridized carbons (Fsp3) is 0.737. The van der Waals surface area contributed by atoms with Gasteiger partial charge in [-0.05, 0) is 12.3 Å². The van der Waals surface area contributed by atoms with E-state index in [2.05, 4.69) is 18.8 Å². The van der Waals surface area contributed by atoms with Crippen molar-refractivity contribution >= 4 is 23.2 Å².